The van der Waals surface area contributed by atoms with E-state index in [2.05, 4.69) is 30.5 Å². The highest BCUT2D eigenvalue weighted by molar-refractivity contribution is 5.54. The van der Waals surface area contributed by atoms with E-state index in [4.69, 9.17) is 0 Å². The average molecular weight is 272 g/mol. The van der Waals surface area contributed by atoms with Gasteiger partial charge in [0.25, 0.3) is 5.56 Å². The van der Waals surface area contributed by atoms with Crippen LogP contribution in [0.4, 0.5) is 17.3 Å². The average Bonchev–Trinajstić information content (AvgIpc) is 2.51. The third-order valence-corrected chi connectivity index (χ3v) is 3.16. The maximum absolute atomic E-state index is 11.6. The summed E-state index contributed by atoms with van der Waals surface area (Å²) < 4.78 is 0. The fourth-order valence-corrected chi connectivity index (χ4v) is 2.10. The van der Waals surface area contributed by atoms with Crippen LogP contribution in [0.1, 0.15) is 0 Å². The number of aromatic amines is 1. The first-order valence-electron chi connectivity index (χ1n) is 6.55. The molecule has 0 aliphatic carbocycles. The number of pyridine rings is 1. The van der Waals surface area contributed by atoms with Crippen molar-refractivity contribution in [3.05, 3.63) is 41.1 Å². The largest absolute Gasteiger partial charge is 0.353 e. The van der Waals surface area contributed by atoms with Gasteiger partial charge >= 0.3 is 0 Å². The van der Waals surface area contributed by atoms with Crippen LogP contribution in [0, 0.1) is 0 Å². The van der Waals surface area contributed by atoms with Crippen LogP contribution in [0.15, 0.2) is 35.5 Å². The molecule has 0 radical (unpaired) electrons. The van der Waals surface area contributed by atoms with Crippen LogP contribution < -0.4 is 21.1 Å². The van der Waals surface area contributed by atoms with Crippen LogP contribution in [0.3, 0.4) is 0 Å². The summed E-state index contributed by atoms with van der Waals surface area (Å²) >= 11 is 0. The van der Waals surface area contributed by atoms with Gasteiger partial charge in [0.15, 0.2) is 0 Å². The van der Waals surface area contributed by atoms with Gasteiger partial charge < -0.3 is 20.5 Å². The predicted octanol–water partition coefficient (Wildman–Crippen LogP) is 0.318. The van der Waals surface area contributed by atoms with E-state index in [1.54, 1.807) is 30.7 Å². The molecule has 7 heteroatoms. The Bertz CT molecular complexity index is 617. The minimum Gasteiger partial charge on any atom is -0.353 e. The van der Waals surface area contributed by atoms with Gasteiger partial charge in [-0.3, -0.25) is 4.79 Å². The zero-order valence-electron chi connectivity index (χ0n) is 11.0. The van der Waals surface area contributed by atoms with Crippen molar-refractivity contribution >= 4 is 17.3 Å². The Morgan fingerprint density at radius 3 is 2.75 bits per heavy atom. The van der Waals surface area contributed by atoms with Gasteiger partial charge in [-0.2, -0.15) is 0 Å². The first-order chi connectivity index (χ1) is 9.83. The number of H-pyrrole nitrogens is 1. The number of rotatable bonds is 3. The van der Waals surface area contributed by atoms with Gasteiger partial charge in [-0.1, -0.05) is 0 Å². The zero-order valence-corrected chi connectivity index (χ0v) is 11.0. The molecule has 3 N–H and O–H groups in total. The topological polar surface area (TPSA) is 85.9 Å². The van der Waals surface area contributed by atoms with Crippen molar-refractivity contribution in [3.8, 4) is 0 Å². The molecule has 7 nitrogen and oxygen atoms in total. The molecule has 0 atom stereocenters. The zero-order chi connectivity index (χ0) is 13.8. The molecular formula is C13H16N6O. The van der Waals surface area contributed by atoms with Crippen molar-refractivity contribution in [1.29, 1.82) is 0 Å². The monoisotopic (exact) mass is 272 g/mol. The molecule has 1 aliphatic heterocycles. The van der Waals surface area contributed by atoms with Crippen molar-refractivity contribution in [2.24, 2.45) is 0 Å². The lowest BCUT2D eigenvalue weighted by molar-refractivity contribution is 0.584. The number of aromatic nitrogens is 3. The van der Waals surface area contributed by atoms with Crippen LogP contribution in [0.5, 0.6) is 0 Å². The second-order valence-electron chi connectivity index (χ2n) is 4.53. The number of piperazine rings is 1. The molecule has 2 aromatic rings. The minimum atomic E-state index is -0.180. The SMILES string of the molecule is O=c1[nH]cccc1Nc1cnc(N2CCNCC2)cn1. The minimum absolute atomic E-state index is 0.180. The Kier molecular flexibility index (Phi) is 3.60. The molecule has 20 heavy (non-hydrogen) atoms. The third kappa shape index (κ3) is 2.77. The quantitative estimate of drug-likeness (QED) is 0.746. The number of hydrogen-bond acceptors (Lipinski definition) is 6. The molecule has 0 unspecified atom stereocenters. The molecule has 0 bridgehead atoms. The molecule has 0 saturated carbocycles. The standard InChI is InChI=1S/C13H16N6O/c20-13-10(2-1-3-15-13)18-11-8-17-12(9-16-11)19-6-4-14-5-7-19/h1-3,8-9,14H,4-7H2,(H,15,20)(H,16,18). The van der Waals surface area contributed by atoms with Gasteiger partial charge in [0.1, 0.15) is 17.3 Å². The summed E-state index contributed by atoms with van der Waals surface area (Å²) in [7, 11) is 0. The molecule has 1 fully saturated rings. The van der Waals surface area contributed by atoms with Gasteiger partial charge in [0, 0.05) is 32.4 Å². The predicted molar refractivity (Wildman–Crippen MR) is 77.5 cm³/mol. The highest BCUT2D eigenvalue weighted by Gasteiger charge is 2.11. The number of nitrogens with zero attached hydrogens (tertiary/aromatic N) is 3. The molecule has 0 amide bonds. The second-order valence-corrected chi connectivity index (χ2v) is 4.53. The summed E-state index contributed by atoms with van der Waals surface area (Å²) in [5, 5.41) is 6.25. The van der Waals surface area contributed by atoms with Crippen LogP contribution in [0.2, 0.25) is 0 Å². The van der Waals surface area contributed by atoms with Crippen molar-refractivity contribution in [2.75, 3.05) is 36.4 Å². The van der Waals surface area contributed by atoms with Crippen molar-refractivity contribution < 1.29 is 0 Å². The molecule has 2 aromatic heterocycles. The maximum Gasteiger partial charge on any atom is 0.271 e. The Morgan fingerprint density at radius 1 is 1.20 bits per heavy atom. The Labute approximate surface area is 116 Å². The lowest BCUT2D eigenvalue weighted by atomic mass is 10.3. The van der Waals surface area contributed by atoms with E-state index in [0.717, 1.165) is 32.0 Å². The second kappa shape index (κ2) is 5.70. The number of nitrogens with one attached hydrogen (secondary N) is 3. The molecule has 3 rings (SSSR count). The fraction of sp³-hybridized carbons (Fsp3) is 0.308. The molecular weight excluding hydrogens is 256 g/mol. The van der Waals surface area contributed by atoms with Gasteiger partial charge in [0.05, 0.1) is 12.4 Å². The van der Waals surface area contributed by atoms with E-state index < -0.39 is 0 Å². The summed E-state index contributed by atoms with van der Waals surface area (Å²) in [6, 6.07) is 3.46. The Morgan fingerprint density at radius 2 is 2.05 bits per heavy atom. The van der Waals surface area contributed by atoms with E-state index in [1.165, 1.54) is 0 Å². The summed E-state index contributed by atoms with van der Waals surface area (Å²) in [5.74, 6) is 1.42. The van der Waals surface area contributed by atoms with Crippen LogP contribution in [-0.4, -0.2) is 41.1 Å². The molecule has 1 aliphatic rings. The third-order valence-electron chi connectivity index (χ3n) is 3.16. The van der Waals surface area contributed by atoms with E-state index >= 15 is 0 Å². The summed E-state index contributed by atoms with van der Waals surface area (Å²) in [5.41, 5.74) is 0.275. The van der Waals surface area contributed by atoms with Crippen molar-refractivity contribution in [1.82, 2.24) is 20.3 Å². The van der Waals surface area contributed by atoms with Gasteiger partial charge in [0.2, 0.25) is 0 Å². The molecule has 3 heterocycles. The lowest BCUT2D eigenvalue weighted by Gasteiger charge is -2.28. The molecule has 104 valence electrons. The van der Waals surface area contributed by atoms with Crippen molar-refractivity contribution in [3.63, 3.8) is 0 Å². The van der Waals surface area contributed by atoms with Gasteiger partial charge in [-0.25, -0.2) is 9.97 Å². The van der Waals surface area contributed by atoms with Gasteiger partial charge in [-0.05, 0) is 12.1 Å². The van der Waals surface area contributed by atoms with E-state index in [9.17, 15) is 4.79 Å². The highest BCUT2D eigenvalue weighted by atomic mass is 16.1. The molecule has 1 saturated heterocycles. The number of hydrogen-bond donors (Lipinski definition) is 3. The van der Waals surface area contributed by atoms with Crippen LogP contribution in [-0.2, 0) is 0 Å². The smallest absolute Gasteiger partial charge is 0.271 e. The summed E-state index contributed by atoms with van der Waals surface area (Å²) in [4.78, 5) is 25.0. The normalized spacial score (nSPS) is 15.1. The highest BCUT2D eigenvalue weighted by Crippen LogP contribution is 2.13. The van der Waals surface area contributed by atoms with E-state index in [1.807, 2.05) is 0 Å². The van der Waals surface area contributed by atoms with Crippen molar-refractivity contribution in [2.45, 2.75) is 0 Å². The summed E-state index contributed by atoms with van der Waals surface area (Å²) in [6.07, 6.45) is 4.96. The van der Waals surface area contributed by atoms with E-state index in [-0.39, 0.29) is 5.56 Å². The Balaban J connectivity index is 1.73. The van der Waals surface area contributed by atoms with E-state index in [0.29, 0.717) is 11.5 Å². The van der Waals surface area contributed by atoms with Crippen LogP contribution in [0.25, 0.3) is 0 Å². The maximum atomic E-state index is 11.6. The fourth-order valence-electron chi connectivity index (χ4n) is 2.10. The van der Waals surface area contributed by atoms with Gasteiger partial charge in [-0.15, -0.1) is 0 Å². The molecule has 0 spiro atoms. The molecule has 0 aromatic carbocycles. The first kappa shape index (κ1) is 12.6. The first-order valence-corrected chi connectivity index (χ1v) is 6.55. The lowest BCUT2D eigenvalue weighted by Crippen LogP contribution is -2.43. The number of anilines is 3. The summed E-state index contributed by atoms with van der Waals surface area (Å²) in [6.45, 7) is 3.78. The Hall–Kier alpha value is -2.41. The van der Waals surface area contributed by atoms with Crippen LogP contribution >= 0.6 is 0 Å².